The van der Waals surface area contributed by atoms with E-state index in [1.165, 1.54) is 0 Å². The fourth-order valence-electron chi connectivity index (χ4n) is 3.97. The van der Waals surface area contributed by atoms with Crippen LogP contribution in [0.15, 0.2) is 78.9 Å². The number of anilines is 2. The molecular formula is C24H26N2O3. The number of nitrogens with zero attached hydrogens (tertiary/aromatic N) is 2. The summed E-state index contributed by atoms with van der Waals surface area (Å²) in [6.07, 6.45) is -2.45. The molecule has 5 nitrogen and oxygen atoms in total. The normalized spacial score (nSPS) is 17.9. The van der Waals surface area contributed by atoms with Crippen molar-refractivity contribution >= 4 is 11.4 Å². The summed E-state index contributed by atoms with van der Waals surface area (Å²) < 4.78 is 0. The fourth-order valence-corrected chi connectivity index (χ4v) is 3.97. The molecule has 0 saturated heterocycles. The Balaban J connectivity index is 1.61. The molecule has 5 heteroatoms. The van der Waals surface area contributed by atoms with E-state index in [1.54, 1.807) is 9.80 Å². The van der Waals surface area contributed by atoms with Crippen molar-refractivity contribution in [3.05, 3.63) is 95.6 Å². The van der Waals surface area contributed by atoms with E-state index in [0.29, 0.717) is 0 Å². The molecule has 3 aromatic carbocycles. The molecule has 0 bridgehead atoms. The molecule has 29 heavy (non-hydrogen) atoms. The zero-order chi connectivity index (χ0) is 20.4. The summed E-state index contributed by atoms with van der Waals surface area (Å²) in [5, 5.41) is 32.6. The van der Waals surface area contributed by atoms with Gasteiger partial charge >= 0.3 is 0 Å². The standard InChI is InChI=1S/C24H26N2O3/c1-17-9-8-14-20-23(17)26(16-22(28)19-12-6-3-7-13-19)24(29)25(20)15-21(27)18-10-4-2-5-11-18/h2-14,21-22,24,27-29H,15-16H2,1H3. The summed E-state index contributed by atoms with van der Waals surface area (Å²) >= 11 is 0. The smallest absolute Gasteiger partial charge is 0.208 e. The number of benzene rings is 3. The summed E-state index contributed by atoms with van der Waals surface area (Å²) in [6, 6.07) is 24.8. The molecule has 1 heterocycles. The van der Waals surface area contributed by atoms with Crippen LogP contribution < -0.4 is 9.80 Å². The zero-order valence-electron chi connectivity index (χ0n) is 16.4. The van der Waals surface area contributed by atoms with Gasteiger partial charge in [-0.1, -0.05) is 72.8 Å². The highest BCUT2D eigenvalue weighted by molar-refractivity contribution is 5.80. The van der Waals surface area contributed by atoms with Gasteiger partial charge in [-0.25, -0.2) is 0 Å². The first-order valence-corrected chi connectivity index (χ1v) is 9.83. The Hall–Kier alpha value is -2.86. The maximum Gasteiger partial charge on any atom is 0.208 e. The van der Waals surface area contributed by atoms with Crippen LogP contribution in [0.5, 0.6) is 0 Å². The van der Waals surface area contributed by atoms with Gasteiger partial charge in [-0.2, -0.15) is 0 Å². The predicted octanol–water partition coefficient (Wildman–Crippen LogP) is 3.36. The van der Waals surface area contributed by atoms with Crippen LogP contribution in [-0.2, 0) is 0 Å². The number of para-hydroxylation sites is 1. The first kappa shape index (κ1) is 19.5. The minimum atomic E-state index is -0.970. The van der Waals surface area contributed by atoms with Gasteiger partial charge in [0.15, 0.2) is 0 Å². The average molecular weight is 390 g/mol. The van der Waals surface area contributed by atoms with Crippen molar-refractivity contribution in [1.29, 1.82) is 0 Å². The van der Waals surface area contributed by atoms with Crippen molar-refractivity contribution in [2.24, 2.45) is 0 Å². The number of β-amino-alcohol motifs (C(OH)–C–C–N with tert-alkyl or cyclic N) is 2. The summed E-state index contributed by atoms with van der Waals surface area (Å²) in [7, 11) is 0. The molecule has 0 fully saturated rings. The van der Waals surface area contributed by atoms with Crippen LogP contribution in [0.1, 0.15) is 28.9 Å². The molecule has 3 N–H and O–H groups in total. The second kappa shape index (κ2) is 8.25. The number of aliphatic hydroxyl groups is 3. The molecule has 3 atom stereocenters. The van der Waals surface area contributed by atoms with Gasteiger partial charge in [0.25, 0.3) is 0 Å². The highest BCUT2D eigenvalue weighted by atomic mass is 16.3. The number of hydrogen-bond donors (Lipinski definition) is 3. The molecule has 0 aromatic heterocycles. The lowest BCUT2D eigenvalue weighted by Gasteiger charge is -2.31. The Bertz CT molecular complexity index is 949. The van der Waals surface area contributed by atoms with Gasteiger partial charge in [0.1, 0.15) is 0 Å². The minimum absolute atomic E-state index is 0.250. The zero-order valence-corrected chi connectivity index (χ0v) is 16.4. The van der Waals surface area contributed by atoms with Gasteiger partial charge in [0, 0.05) is 0 Å². The third-order valence-electron chi connectivity index (χ3n) is 5.48. The minimum Gasteiger partial charge on any atom is -0.387 e. The fraction of sp³-hybridized carbons (Fsp3) is 0.250. The number of rotatable bonds is 6. The van der Waals surface area contributed by atoms with Crippen molar-refractivity contribution in [1.82, 2.24) is 0 Å². The van der Waals surface area contributed by atoms with E-state index in [-0.39, 0.29) is 13.1 Å². The van der Waals surface area contributed by atoms with E-state index < -0.39 is 18.6 Å². The largest absolute Gasteiger partial charge is 0.387 e. The van der Waals surface area contributed by atoms with Gasteiger partial charge < -0.3 is 25.1 Å². The average Bonchev–Trinajstić information content (AvgIpc) is 3.01. The van der Waals surface area contributed by atoms with E-state index in [1.807, 2.05) is 85.8 Å². The van der Waals surface area contributed by atoms with Crippen LogP contribution in [0.4, 0.5) is 11.4 Å². The predicted molar refractivity (Wildman–Crippen MR) is 115 cm³/mol. The van der Waals surface area contributed by atoms with Gasteiger partial charge in [-0.3, -0.25) is 0 Å². The Kier molecular flexibility index (Phi) is 5.53. The van der Waals surface area contributed by atoms with Gasteiger partial charge in [-0.05, 0) is 29.7 Å². The van der Waals surface area contributed by atoms with Crippen molar-refractivity contribution in [2.45, 2.75) is 25.5 Å². The molecular weight excluding hydrogens is 364 g/mol. The van der Waals surface area contributed by atoms with Crippen LogP contribution in [0, 0.1) is 6.92 Å². The topological polar surface area (TPSA) is 67.2 Å². The van der Waals surface area contributed by atoms with Crippen LogP contribution in [0.2, 0.25) is 0 Å². The highest BCUT2D eigenvalue weighted by Crippen LogP contribution is 2.42. The van der Waals surface area contributed by atoms with E-state index in [0.717, 1.165) is 28.1 Å². The second-order valence-corrected chi connectivity index (χ2v) is 7.45. The monoisotopic (exact) mass is 390 g/mol. The Morgan fingerprint density at radius 2 is 1.24 bits per heavy atom. The summed E-state index contributed by atoms with van der Waals surface area (Å²) in [5.74, 6) is 0. The molecule has 1 aliphatic rings. The number of aliphatic hydroxyl groups excluding tert-OH is 3. The second-order valence-electron chi connectivity index (χ2n) is 7.45. The van der Waals surface area contributed by atoms with E-state index >= 15 is 0 Å². The lowest BCUT2D eigenvalue weighted by molar-refractivity contribution is 0.118. The third kappa shape index (κ3) is 3.85. The summed E-state index contributed by atoms with van der Waals surface area (Å²) in [5.41, 5.74) is 4.36. The Morgan fingerprint density at radius 1 is 0.724 bits per heavy atom. The van der Waals surface area contributed by atoms with Crippen molar-refractivity contribution in [2.75, 3.05) is 22.9 Å². The Labute approximate surface area is 171 Å². The van der Waals surface area contributed by atoms with Crippen molar-refractivity contribution in [3.8, 4) is 0 Å². The highest BCUT2D eigenvalue weighted by Gasteiger charge is 2.37. The lowest BCUT2D eigenvalue weighted by Crippen LogP contribution is -2.46. The summed E-state index contributed by atoms with van der Waals surface area (Å²) in [6.45, 7) is 2.49. The maximum atomic E-state index is 11.1. The van der Waals surface area contributed by atoms with Crippen LogP contribution in [-0.4, -0.2) is 34.8 Å². The number of hydrogen-bond acceptors (Lipinski definition) is 5. The number of fused-ring (bicyclic) bond motifs is 1. The van der Waals surface area contributed by atoms with E-state index in [2.05, 4.69) is 0 Å². The molecule has 0 saturated carbocycles. The van der Waals surface area contributed by atoms with E-state index in [9.17, 15) is 15.3 Å². The first-order valence-electron chi connectivity index (χ1n) is 9.83. The molecule has 1 aliphatic heterocycles. The van der Waals surface area contributed by atoms with Crippen molar-refractivity contribution < 1.29 is 15.3 Å². The molecule has 3 aromatic rings. The molecule has 3 unspecified atom stereocenters. The molecule has 0 aliphatic carbocycles. The quantitative estimate of drug-likeness (QED) is 0.602. The molecule has 0 amide bonds. The maximum absolute atomic E-state index is 11.1. The summed E-state index contributed by atoms with van der Waals surface area (Å²) in [4.78, 5) is 3.60. The lowest BCUT2D eigenvalue weighted by atomic mass is 10.1. The first-order chi connectivity index (χ1) is 14.1. The Morgan fingerprint density at radius 3 is 1.79 bits per heavy atom. The van der Waals surface area contributed by atoms with Crippen LogP contribution >= 0.6 is 0 Å². The van der Waals surface area contributed by atoms with Gasteiger partial charge in [0.05, 0.1) is 36.7 Å². The third-order valence-corrected chi connectivity index (χ3v) is 5.48. The van der Waals surface area contributed by atoms with Gasteiger partial charge in [-0.15, -0.1) is 0 Å². The molecule has 150 valence electrons. The number of aryl methyl sites for hydroxylation is 1. The van der Waals surface area contributed by atoms with Crippen LogP contribution in [0.25, 0.3) is 0 Å². The van der Waals surface area contributed by atoms with Crippen LogP contribution in [0.3, 0.4) is 0 Å². The molecule has 4 rings (SSSR count). The molecule has 0 spiro atoms. The van der Waals surface area contributed by atoms with Crippen molar-refractivity contribution in [3.63, 3.8) is 0 Å². The van der Waals surface area contributed by atoms with Gasteiger partial charge in [0.2, 0.25) is 6.35 Å². The SMILES string of the molecule is Cc1cccc2c1N(CC(O)c1ccccc1)C(O)N2CC(O)c1ccccc1. The molecule has 0 radical (unpaired) electrons. The van der Waals surface area contributed by atoms with E-state index in [4.69, 9.17) is 0 Å².